The Morgan fingerprint density at radius 2 is 2.29 bits per heavy atom. The first kappa shape index (κ1) is 13.2. The molecule has 1 rings (SSSR count). The van der Waals surface area contributed by atoms with E-state index in [1.165, 1.54) is 0 Å². The molecule has 4 heteroatoms. The van der Waals surface area contributed by atoms with Gasteiger partial charge in [-0.05, 0) is 19.1 Å². The molecule has 3 nitrogen and oxygen atoms in total. The number of esters is 1. The van der Waals surface area contributed by atoms with Gasteiger partial charge in [-0.15, -0.1) is 0 Å². The minimum atomic E-state index is -0.314. The molecule has 0 heterocycles. The molecule has 0 aromatic heterocycles. The van der Waals surface area contributed by atoms with Crippen molar-refractivity contribution in [3.63, 3.8) is 0 Å². The van der Waals surface area contributed by atoms with E-state index < -0.39 is 0 Å². The van der Waals surface area contributed by atoms with Crippen LogP contribution in [0.1, 0.15) is 24.5 Å². The van der Waals surface area contributed by atoms with Crippen LogP contribution in [0.4, 0.5) is 0 Å². The topological polar surface area (TPSA) is 52.3 Å². The summed E-state index contributed by atoms with van der Waals surface area (Å²) in [6.45, 7) is 2.13. The third kappa shape index (κ3) is 4.66. The normalized spacial score (nSPS) is 9.00. The largest absolute Gasteiger partial charge is 0.465 e. The first-order valence-electron chi connectivity index (χ1n) is 5.18. The number of nitrogens with two attached hydrogens (primary N) is 1. The van der Waals surface area contributed by atoms with Gasteiger partial charge in [0.15, 0.2) is 0 Å². The fourth-order valence-corrected chi connectivity index (χ4v) is 1.31. The number of hydrogen-bond donors (Lipinski definition) is 1. The molecular formula is C13H13NO2S. The van der Waals surface area contributed by atoms with Gasteiger partial charge in [0.2, 0.25) is 0 Å². The summed E-state index contributed by atoms with van der Waals surface area (Å²) in [6.07, 6.45) is 0.0884. The van der Waals surface area contributed by atoms with E-state index in [4.69, 9.17) is 22.7 Å². The van der Waals surface area contributed by atoms with Crippen molar-refractivity contribution in [1.82, 2.24) is 0 Å². The maximum absolute atomic E-state index is 11.0. The zero-order valence-electron chi connectivity index (χ0n) is 9.53. The van der Waals surface area contributed by atoms with Crippen molar-refractivity contribution in [3.8, 4) is 11.8 Å². The monoisotopic (exact) mass is 247 g/mol. The minimum Gasteiger partial charge on any atom is -0.465 e. The molecule has 0 aliphatic rings. The summed E-state index contributed by atoms with van der Waals surface area (Å²) in [5.41, 5.74) is 7.05. The Bertz CT molecular complexity index is 486. The quantitative estimate of drug-likeness (QED) is 0.501. The average Bonchev–Trinajstić information content (AvgIpc) is 2.30. The van der Waals surface area contributed by atoms with Crippen LogP contribution in [-0.2, 0) is 9.53 Å². The van der Waals surface area contributed by atoms with Gasteiger partial charge < -0.3 is 10.5 Å². The standard InChI is InChI=1S/C13H13NO2S/c1-2-16-12(15)8-4-6-10-5-3-7-11(9-10)13(14)17/h3,5,7,9H,2,8H2,1H3,(H2,14,17). The molecule has 0 aliphatic heterocycles. The highest BCUT2D eigenvalue weighted by atomic mass is 32.1. The lowest BCUT2D eigenvalue weighted by Crippen LogP contribution is -2.09. The summed E-state index contributed by atoms with van der Waals surface area (Å²) < 4.78 is 4.76. The maximum atomic E-state index is 11.0. The van der Waals surface area contributed by atoms with E-state index in [1.807, 2.05) is 18.2 Å². The van der Waals surface area contributed by atoms with Gasteiger partial charge in [0.05, 0.1) is 6.61 Å². The number of benzene rings is 1. The summed E-state index contributed by atoms with van der Waals surface area (Å²) in [6, 6.07) is 7.27. The Labute approximate surface area is 106 Å². The number of carbonyl (C=O) groups is 1. The zero-order chi connectivity index (χ0) is 12.7. The highest BCUT2D eigenvalue weighted by Gasteiger charge is 1.97. The van der Waals surface area contributed by atoms with Crippen LogP contribution >= 0.6 is 12.2 Å². The molecule has 0 fully saturated rings. The number of hydrogen-bond acceptors (Lipinski definition) is 3. The van der Waals surface area contributed by atoms with Gasteiger partial charge in [0, 0.05) is 11.1 Å². The summed E-state index contributed by atoms with van der Waals surface area (Å²) in [5, 5.41) is 0. The molecule has 1 aromatic carbocycles. The molecule has 0 aliphatic carbocycles. The lowest BCUT2D eigenvalue weighted by molar-refractivity contribution is -0.141. The fraction of sp³-hybridized carbons (Fsp3) is 0.231. The van der Waals surface area contributed by atoms with Gasteiger partial charge in [0.1, 0.15) is 11.4 Å². The van der Waals surface area contributed by atoms with Gasteiger partial charge in [-0.1, -0.05) is 36.2 Å². The molecule has 0 bridgehead atoms. The van der Waals surface area contributed by atoms with Crippen LogP contribution < -0.4 is 5.73 Å². The SMILES string of the molecule is CCOC(=O)CC#Cc1cccc(C(N)=S)c1. The predicted octanol–water partition coefficient (Wildman–Crippen LogP) is 1.63. The lowest BCUT2D eigenvalue weighted by atomic mass is 10.1. The van der Waals surface area contributed by atoms with E-state index in [1.54, 1.807) is 13.0 Å². The highest BCUT2D eigenvalue weighted by molar-refractivity contribution is 7.80. The summed E-state index contributed by atoms with van der Waals surface area (Å²) in [4.78, 5) is 11.4. The van der Waals surface area contributed by atoms with Gasteiger partial charge in [-0.3, -0.25) is 4.79 Å². The third-order valence-corrected chi connectivity index (χ3v) is 2.15. The number of ether oxygens (including phenoxy) is 1. The van der Waals surface area contributed by atoms with E-state index in [0.29, 0.717) is 11.6 Å². The first-order chi connectivity index (χ1) is 8.13. The second kappa shape index (κ2) is 6.66. The second-order valence-electron chi connectivity index (χ2n) is 3.23. The highest BCUT2D eigenvalue weighted by Crippen LogP contribution is 2.03. The molecule has 88 valence electrons. The first-order valence-corrected chi connectivity index (χ1v) is 5.58. The summed E-state index contributed by atoms with van der Waals surface area (Å²) in [7, 11) is 0. The minimum absolute atomic E-state index is 0.0884. The van der Waals surface area contributed by atoms with Crippen LogP contribution in [-0.4, -0.2) is 17.6 Å². The molecule has 0 amide bonds. The molecule has 17 heavy (non-hydrogen) atoms. The van der Waals surface area contributed by atoms with Crippen molar-refractivity contribution in [2.24, 2.45) is 5.73 Å². The van der Waals surface area contributed by atoms with E-state index in [2.05, 4.69) is 11.8 Å². The Balaban J connectivity index is 2.69. The van der Waals surface area contributed by atoms with Crippen LogP contribution in [0.5, 0.6) is 0 Å². The summed E-state index contributed by atoms with van der Waals surface area (Å²) >= 11 is 4.87. The van der Waals surface area contributed by atoms with Crippen molar-refractivity contribution in [2.45, 2.75) is 13.3 Å². The molecule has 0 radical (unpaired) electrons. The van der Waals surface area contributed by atoms with E-state index in [9.17, 15) is 4.79 Å². The van der Waals surface area contributed by atoms with Crippen molar-refractivity contribution >= 4 is 23.2 Å². The smallest absolute Gasteiger partial charge is 0.317 e. The van der Waals surface area contributed by atoms with Gasteiger partial charge in [-0.25, -0.2) is 0 Å². The third-order valence-electron chi connectivity index (χ3n) is 1.92. The van der Waals surface area contributed by atoms with Gasteiger partial charge in [0.25, 0.3) is 0 Å². The molecule has 2 N–H and O–H groups in total. The number of rotatable bonds is 3. The number of carbonyl (C=O) groups excluding carboxylic acids is 1. The Morgan fingerprint density at radius 1 is 1.53 bits per heavy atom. The van der Waals surface area contributed by atoms with E-state index >= 15 is 0 Å². The Hall–Kier alpha value is -1.86. The molecule has 1 aromatic rings. The molecule has 0 spiro atoms. The van der Waals surface area contributed by atoms with Gasteiger partial charge in [-0.2, -0.15) is 0 Å². The molecule has 0 saturated carbocycles. The van der Waals surface area contributed by atoms with Crippen molar-refractivity contribution < 1.29 is 9.53 Å². The molecule has 0 saturated heterocycles. The van der Waals surface area contributed by atoms with Crippen LogP contribution in [0, 0.1) is 11.8 Å². The molecule has 0 atom stereocenters. The van der Waals surface area contributed by atoms with Crippen molar-refractivity contribution in [1.29, 1.82) is 0 Å². The zero-order valence-corrected chi connectivity index (χ0v) is 10.3. The summed E-state index contributed by atoms with van der Waals surface area (Å²) in [5.74, 6) is 5.29. The molecule has 0 unspecified atom stereocenters. The Morgan fingerprint density at radius 3 is 2.94 bits per heavy atom. The average molecular weight is 247 g/mol. The number of thiocarbonyl (C=S) groups is 1. The van der Waals surface area contributed by atoms with Crippen LogP contribution in [0.2, 0.25) is 0 Å². The van der Waals surface area contributed by atoms with Crippen molar-refractivity contribution in [3.05, 3.63) is 35.4 Å². The van der Waals surface area contributed by atoms with Crippen LogP contribution in [0.3, 0.4) is 0 Å². The van der Waals surface area contributed by atoms with Gasteiger partial charge >= 0.3 is 5.97 Å². The fourth-order valence-electron chi connectivity index (χ4n) is 1.18. The van der Waals surface area contributed by atoms with Crippen LogP contribution in [0.15, 0.2) is 24.3 Å². The van der Waals surface area contributed by atoms with E-state index in [0.717, 1.165) is 11.1 Å². The van der Waals surface area contributed by atoms with E-state index in [-0.39, 0.29) is 12.4 Å². The predicted molar refractivity (Wildman–Crippen MR) is 70.5 cm³/mol. The van der Waals surface area contributed by atoms with Crippen LogP contribution in [0.25, 0.3) is 0 Å². The van der Waals surface area contributed by atoms with Crippen molar-refractivity contribution in [2.75, 3.05) is 6.61 Å². The molecular weight excluding hydrogens is 234 g/mol. The maximum Gasteiger partial charge on any atom is 0.317 e. The second-order valence-corrected chi connectivity index (χ2v) is 3.67. The Kier molecular flexibility index (Phi) is 5.18. The lowest BCUT2D eigenvalue weighted by Gasteiger charge is -1.98.